The molecule has 0 aliphatic heterocycles. The number of ether oxygens (including phenoxy) is 1. The van der Waals surface area contributed by atoms with Crippen LogP contribution in [0.15, 0.2) is 18.2 Å². The number of rotatable bonds is 4. The summed E-state index contributed by atoms with van der Waals surface area (Å²) in [7, 11) is 2.86. The standard InChI is InChI=1S/C14H16ClNO3S/c1-4-5-9-11(15)7-6-10(14(18)19-3)12(9)13(17)16(2)8-20/h4-7,20H,8H2,1-3H3/b5-4+. The maximum absolute atomic E-state index is 12.4. The summed E-state index contributed by atoms with van der Waals surface area (Å²) in [5.74, 6) is -0.694. The van der Waals surface area contributed by atoms with Gasteiger partial charge in [-0.25, -0.2) is 4.79 Å². The van der Waals surface area contributed by atoms with Gasteiger partial charge in [0.05, 0.1) is 24.1 Å². The normalized spacial score (nSPS) is 10.7. The van der Waals surface area contributed by atoms with Gasteiger partial charge in [-0.2, -0.15) is 12.6 Å². The maximum atomic E-state index is 12.4. The van der Waals surface area contributed by atoms with Crippen molar-refractivity contribution in [2.24, 2.45) is 0 Å². The number of hydrogen-bond acceptors (Lipinski definition) is 4. The Morgan fingerprint density at radius 1 is 1.45 bits per heavy atom. The number of hydrogen-bond donors (Lipinski definition) is 1. The molecule has 0 spiro atoms. The number of halogens is 1. The fourth-order valence-corrected chi connectivity index (χ4v) is 2.04. The van der Waals surface area contributed by atoms with Crippen molar-refractivity contribution in [1.82, 2.24) is 4.90 Å². The molecule has 0 aliphatic rings. The Bertz CT molecular complexity index is 558. The Balaban J connectivity index is 3.59. The SMILES string of the molecule is C/C=C/c1c(Cl)ccc(C(=O)OC)c1C(=O)N(C)CS. The van der Waals surface area contributed by atoms with Gasteiger partial charge >= 0.3 is 5.97 Å². The Kier molecular flexibility index (Phi) is 6.10. The Labute approximate surface area is 128 Å². The quantitative estimate of drug-likeness (QED) is 0.528. The second-order valence-corrected chi connectivity index (χ2v) is 4.71. The highest BCUT2D eigenvalue weighted by Crippen LogP contribution is 2.27. The number of nitrogens with zero attached hydrogens (tertiary/aromatic N) is 1. The average molecular weight is 314 g/mol. The zero-order valence-electron chi connectivity index (χ0n) is 11.5. The van der Waals surface area contributed by atoms with Gasteiger partial charge in [0.15, 0.2) is 0 Å². The van der Waals surface area contributed by atoms with E-state index in [1.807, 2.05) is 0 Å². The molecule has 1 amide bonds. The molecule has 0 N–H and O–H groups in total. The molecular formula is C14H16ClNO3S. The number of allylic oxidation sites excluding steroid dienone is 1. The predicted molar refractivity (Wildman–Crippen MR) is 83.4 cm³/mol. The minimum absolute atomic E-state index is 0.184. The molecule has 0 aliphatic carbocycles. The molecule has 0 saturated carbocycles. The molecule has 0 bridgehead atoms. The Morgan fingerprint density at radius 3 is 2.60 bits per heavy atom. The van der Waals surface area contributed by atoms with E-state index in [0.717, 1.165) is 0 Å². The van der Waals surface area contributed by atoms with Crippen LogP contribution >= 0.6 is 24.2 Å². The van der Waals surface area contributed by atoms with E-state index in [-0.39, 0.29) is 22.9 Å². The number of amides is 1. The second-order valence-electron chi connectivity index (χ2n) is 4.02. The first-order chi connectivity index (χ1) is 9.47. The Hall–Kier alpha value is -1.46. The molecule has 0 atom stereocenters. The molecule has 6 heteroatoms. The molecule has 0 unspecified atom stereocenters. The highest BCUT2D eigenvalue weighted by molar-refractivity contribution is 7.80. The van der Waals surface area contributed by atoms with Crippen molar-refractivity contribution >= 4 is 42.2 Å². The van der Waals surface area contributed by atoms with Gasteiger partial charge in [0.1, 0.15) is 0 Å². The van der Waals surface area contributed by atoms with Crippen LogP contribution in [0.25, 0.3) is 6.08 Å². The van der Waals surface area contributed by atoms with Crippen LogP contribution in [0.1, 0.15) is 33.2 Å². The topological polar surface area (TPSA) is 46.6 Å². The summed E-state index contributed by atoms with van der Waals surface area (Å²) in [6.07, 6.45) is 3.44. The van der Waals surface area contributed by atoms with Gasteiger partial charge in [0, 0.05) is 17.6 Å². The first-order valence-corrected chi connectivity index (χ1v) is 6.88. The Morgan fingerprint density at radius 2 is 2.10 bits per heavy atom. The summed E-state index contributed by atoms with van der Waals surface area (Å²) in [6, 6.07) is 3.06. The molecule has 108 valence electrons. The van der Waals surface area contributed by atoms with E-state index in [1.165, 1.54) is 18.1 Å². The lowest BCUT2D eigenvalue weighted by Crippen LogP contribution is -2.28. The van der Waals surface area contributed by atoms with Crippen LogP contribution in [0, 0.1) is 0 Å². The third-order valence-electron chi connectivity index (χ3n) is 2.70. The monoisotopic (exact) mass is 313 g/mol. The van der Waals surface area contributed by atoms with Crippen molar-refractivity contribution in [3.05, 3.63) is 39.9 Å². The maximum Gasteiger partial charge on any atom is 0.338 e. The van der Waals surface area contributed by atoms with Gasteiger partial charge in [-0.15, -0.1) is 0 Å². The predicted octanol–water partition coefficient (Wildman–Crippen LogP) is 3.12. The lowest BCUT2D eigenvalue weighted by atomic mass is 9.99. The molecule has 0 fully saturated rings. The van der Waals surface area contributed by atoms with Crippen molar-refractivity contribution in [2.45, 2.75) is 6.92 Å². The first kappa shape index (κ1) is 16.6. The van der Waals surface area contributed by atoms with Gasteiger partial charge in [0.25, 0.3) is 5.91 Å². The number of thiol groups is 1. The van der Waals surface area contributed by atoms with Crippen LogP contribution in [-0.4, -0.2) is 36.8 Å². The first-order valence-electron chi connectivity index (χ1n) is 5.87. The summed E-state index contributed by atoms with van der Waals surface area (Å²) >= 11 is 10.2. The molecule has 1 aromatic rings. The molecular weight excluding hydrogens is 298 g/mol. The minimum Gasteiger partial charge on any atom is -0.465 e. The fraction of sp³-hybridized carbons (Fsp3) is 0.286. The molecule has 0 saturated heterocycles. The van der Waals surface area contributed by atoms with Gasteiger partial charge in [0.2, 0.25) is 0 Å². The van der Waals surface area contributed by atoms with Crippen molar-refractivity contribution in [3.8, 4) is 0 Å². The summed E-state index contributed by atoms with van der Waals surface area (Å²) in [5, 5.41) is 0.395. The molecule has 20 heavy (non-hydrogen) atoms. The number of carbonyl (C=O) groups excluding carboxylic acids is 2. The van der Waals surface area contributed by atoms with Crippen LogP contribution in [0.2, 0.25) is 5.02 Å². The lowest BCUT2D eigenvalue weighted by molar-refractivity contribution is 0.0593. The second kappa shape index (κ2) is 7.36. The lowest BCUT2D eigenvalue weighted by Gasteiger charge is -2.18. The van der Waals surface area contributed by atoms with Crippen LogP contribution in [0.3, 0.4) is 0 Å². The van der Waals surface area contributed by atoms with Crippen LogP contribution in [0.4, 0.5) is 0 Å². The smallest absolute Gasteiger partial charge is 0.338 e. The zero-order valence-corrected chi connectivity index (χ0v) is 13.2. The third-order valence-corrected chi connectivity index (χ3v) is 3.46. The van der Waals surface area contributed by atoms with Crippen molar-refractivity contribution in [1.29, 1.82) is 0 Å². The highest BCUT2D eigenvalue weighted by atomic mass is 35.5. The number of carbonyl (C=O) groups is 2. The van der Waals surface area contributed by atoms with E-state index in [9.17, 15) is 9.59 Å². The molecule has 4 nitrogen and oxygen atoms in total. The molecule has 1 rings (SSSR count). The van der Waals surface area contributed by atoms with Gasteiger partial charge < -0.3 is 9.64 Å². The van der Waals surface area contributed by atoms with E-state index in [2.05, 4.69) is 12.6 Å². The van der Waals surface area contributed by atoms with Gasteiger partial charge in [-0.1, -0.05) is 23.8 Å². The average Bonchev–Trinajstić information content (AvgIpc) is 2.46. The van der Waals surface area contributed by atoms with Crippen molar-refractivity contribution < 1.29 is 14.3 Å². The number of methoxy groups -OCH3 is 1. The summed E-state index contributed by atoms with van der Waals surface area (Å²) < 4.78 is 4.72. The van der Waals surface area contributed by atoms with Crippen LogP contribution in [0.5, 0.6) is 0 Å². The van der Waals surface area contributed by atoms with Crippen LogP contribution in [-0.2, 0) is 4.74 Å². The van der Waals surface area contributed by atoms with E-state index < -0.39 is 5.97 Å². The number of esters is 1. The molecule has 0 aromatic heterocycles. The summed E-state index contributed by atoms with van der Waals surface area (Å²) in [4.78, 5) is 25.7. The molecule has 0 radical (unpaired) electrons. The fourth-order valence-electron chi connectivity index (χ4n) is 1.69. The third kappa shape index (κ3) is 3.35. The van der Waals surface area contributed by atoms with E-state index in [1.54, 1.807) is 32.2 Å². The highest BCUT2D eigenvalue weighted by Gasteiger charge is 2.24. The summed E-state index contributed by atoms with van der Waals surface area (Å²) in [5.41, 5.74) is 0.901. The minimum atomic E-state index is -0.580. The van der Waals surface area contributed by atoms with Crippen molar-refractivity contribution in [2.75, 3.05) is 20.0 Å². The number of benzene rings is 1. The van der Waals surface area contributed by atoms with E-state index in [0.29, 0.717) is 10.6 Å². The largest absolute Gasteiger partial charge is 0.465 e. The molecule has 0 heterocycles. The van der Waals surface area contributed by atoms with Crippen molar-refractivity contribution in [3.63, 3.8) is 0 Å². The van der Waals surface area contributed by atoms with Gasteiger partial charge in [-0.05, 0) is 19.1 Å². The zero-order chi connectivity index (χ0) is 15.3. The van der Waals surface area contributed by atoms with E-state index in [4.69, 9.17) is 16.3 Å². The summed E-state index contributed by atoms with van der Waals surface area (Å²) in [6.45, 7) is 1.80. The van der Waals surface area contributed by atoms with Crippen LogP contribution < -0.4 is 0 Å². The van der Waals surface area contributed by atoms with E-state index >= 15 is 0 Å². The molecule has 1 aromatic carbocycles. The van der Waals surface area contributed by atoms with Gasteiger partial charge in [-0.3, -0.25) is 4.79 Å².